The van der Waals surface area contributed by atoms with Crippen LogP contribution in [0.25, 0.3) is 11.3 Å². The van der Waals surface area contributed by atoms with Crippen molar-refractivity contribution in [1.82, 2.24) is 24.3 Å². The van der Waals surface area contributed by atoms with E-state index in [0.29, 0.717) is 17.4 Å². The lowest BCUT2D eigenvalue weighted by molar-refractivity contribution is -0.118. The molecular formula is C19H16FN5OS. The van der Waals surface area contributed by atoms with E-state index in [4.69, 9.17) is 0 Å². The fourth-order valence-corrected chi connectivity index (χ4v) is 3.46. The summed E-state index contributed by atoms with van der Waals surface area (Å²) in [5.41, 5.74) is 2.30. The first-order chi connectivity index (χ1) is 13.2. The molecule has 1 amide bonds. The SMILES string of the molecule is O=C(CSc1nccn1-c1cccc(F)c1)NCc1cn2ccccc2n1. The number of carbonyl (C=O) groups excluding carboxylic acids is 1. The Balaban J connectivity index is 1.35. The molecule has 0 atom stereocenters. The minimum atomic E-state index is -0.317. The predicted octanol–water partition coefficient (Wildman–Crippen LogP) is 3.07. The van der Waals surface area contributed by atoms with Crippen molar-refractivity contribution in [3.8, 4) is 5.69 Å². The molecule has 0 saturated carbocycles. The van der Waals surface area contributed by atoms with Gasteiger partial charge in [0, 0.05) is 24.8 Å². The number of thioether (sulfide) groups is 1. The van der Waals surface area contributed by atoms with Crippen LogP contribution in [0.2, 0.25) is 0 Å². The third-order valence-corrected chi connectivity index (χ3v) is 4.87. The molecule has 1 aromatic carbocycles. The minimum absolute atomic E-state index is 0.120. The van der Waals surface area contributed by atoms with Crippen molar-refractivity contribution in [1.29, 1.82) is 0 Å². The number of imidazole rings is 2. The number of rotatable bonds is 6. The van der Waals surface area contributed by atoms with Crippen molar-refractivity contribution >= 4 is 23.3 Å². The van der Waals surface area contributed by atoms with Crippen LogP contribution in [0.1, 0.15) is 5.69 Å². The van der Waals surface area contributed by atoms with E-state index in [0.717, 1.165) is 11.3 Å². The number of pyridine rings is 1. The van der Waals surface area contributed by atoms with Crippen LogP contribution in [0, 0.1) is 5.82 Å². The number of aromatic nitrogens is 4. The zero-order chi connectivity index (χ0) is 18.6. The molecule has 0 saturated heterocycles. The first kappa shape index (κ1) is 17.3. The maximum atomic E-state index is 13.4. The number of nitrogens with zero attached hydrogens (tertiary/aromatic N) is 4. The summed E-state index contributed by atoms with van der Waals surface area (Å²) in [6.07, 6.45) is 7.17. The Morgan fingerprint density at radius 3 is 2.96 bits per heavy atom. The highest BCUT2D eigenvalue weighted by atomic mass is 32.2. The van der Waals surface area contributed by atoms with Crippen LogP contribution in [0.4, 0.5) is 4.39 Å². The quantitative estimate of drug-likeness (QED) is 0.522. The van der Waals surface area contributed by atoms with Crippen molar-refractivity contribution in [2.75, 3.05) is 5.75 Å². The van der Waals surface area contributed by atoms with Gasteiger partial charge in [0.25, 0.3) is 0 Å². The summed E-state index contributed by atoms with van der Waals surface area (Å²) in [6.45, 7) is 0.361. The predicted molar refractivity (Wildman–Crippen MR) is 101 cm³/mol. The van der Waals surface area contributed by atoms with Gasteiger partial charge in [0.1, 0.15) is 11.5 Å². The number of benzene rings is 1. The van der Waals surface area contributed by atoms with Crippen LogP contribution in [0.5, 0.6) is 0 Å². The van der Waals surface area contributed by atoms with Gasteiger partial charge in [0.2, 0.25) is 5.91 Å². The fraction of sp³-hybridized carbons (Fsp3) is 0.105. The average Bonchev–Trinajstić information content (AvgIpc) is 3.31. The highest BCUT2D eigenvalue weighted by Crippen LogP contribution is 2.20. The molecule has 3 heterocycles. The van der Waals surface area contributed by atoms with Crippen LogP contribution in [-0.4, -0.2) is 30.6 Å². The molecule has 0 bridgehead atoms. The lowest BCUT2D eigenvalue weighted by Crippen LogP contribution is -2.24. The second kappa shape index (κ2) is 7.63. The Morgan fingerprint density at radius 1 is 1.19 bits per heavy atom. The molecule has 0 aliphatic rings. The summed E-state index contributed by atoms with van der Waals surface area (Å²) in [5.74, 6) is -0.229. The molecular weight excluding hydrogens is 365 g/mol. The van der Waals surface area contributed by atoms with Crippen LogP contribution in [-0.2, 0) is 11.3 Å². The first-order valence-corrected chi connectivity index (χ1v) is 9.29. The normalized spacial score (nSPS) is 11.0. The molecule has 0 fully saturated rings. The third kappa shape index (κ3) is 4.01. The van der Waals surface area contributed by atoms with Gasteiger partial charge in [-0.3, -0.25) is 9.36 Å². The molecule has 0 aliphatic heterocycles. The van der Waals surface area contributed by atoms with E-state index in [1.54, 1.807) is 29.1 Å². The van der Waals surface area contributed by atoms with Gasteiger partial charge >= 0.3 is 0 Å². The summed E-state index contributed by atoms with van der Waals surface area (Å²) in [7, 11) is 0. The van der Waals surface area contributed by atoms with Crippen LogP contribution < -0.4 is 5.32 Å². The number of hydrogen-bond donors (Lipinski definition) is 1. The fourth-order valence-electron chi connectivity index (χ4n) is 2.66. The highest BCUT2D eigenvalue weighted by Gasteiger charge is 2.10. The zero-order valence-electron chi connectivity index (χ0n) is 14.2. The van der Waals surface area contributed by atoms with E-state index in [9.17, 15) is 9.18 Å². The van der Waals surface area contributed by atoms with Crippen molar-refractivity contribution in [2.45, 2.75) is 11.7 Å². The largest absolute Gasteiger partial charge is 0.350 e. The number of halogens is 1. The molecule has 4 rings (SSSR count). The summed E-state index contributed by atoms with van der Waals surface area (Å²) < 4.78 is 17.1. The molecule has 0 unspecified atom stereocenters. The number of fused-ring (bicyclic) bond motifs is 1. The maximum Gasteiger partial charge on any atom is 0.230 e. The van der Waals surface area contributed by atoms with E-state index in [2.05, 4.69) is 15.3 Å². The number of amides is 1. The summed E-state index contributed by atoms with van der Waals surface area (Å²) in [6, 6.07) is 12.0. The molecule has 6 nitrogen and oxygen atoms in total. The Labute approximate surface area is 159 Å². The lowest BCUT2D eigenvalue weighted by atomic mass is 10.3. The molecule has 0 aliphatic carbocycles. The molecule has 1 N–H and O–H groups in total. The lowest BCUT2D eigenvalue weighted by Gasteiger charge is -2.07. The molecule has 8 heteroatoms. The van der Waals surface area contributed by atoms with Gasteiger partial charge in [-0.05, 0) is 30.3 Å². The smallest absolute Gasteiger partial charge is 0.230 e. The Hall–Kier alpha value is -3.13. The second-order valence-corrected chi connectivity index (χ2v) is 6.77. The number of carbonyl (C=O) groups is 1. The van der Waals surface area contributed by atoms with Crippen LogP contribution >= 0.6 is 11.8 Å². The topological polar surface area (TPSA) is 64.2 Å². The molecule has 136 valence electrons. The van der Waals surface area contributed by atoms with Crippen LogP contribution in [0.3, 0.4) is 0 Å². The van der Waals surface area contributed by atoms with E-state index in [-0.39, 0.29) is 17.5 Å². The number of hydrogen-bond acceptors (Lipinski definition) is 4. The van der Waals surface area contributed by atoms with E-state index >= 15 is 0 Å². The van der Waals surface area contributed by atoms with E-state index in [1.165, 1.54) is 23.9 Å². The first-order valence-electron chi connectivity index (χ1n) is 8.30. The summed E-state index contributed by atoms with van der Waals surface area (Å²) in [5, 5.41) is 3.49. The summed E-state index contributed by atoms with van der Waals surface area (Å²) >= 11 is 1.29. The summed E-state index contributed by atoms with van der Waals surface area (Å²) in [4.78, 5) is 20.9. The van der Waals surface area contributed by atoms with Crippen molar-refractivity contribution in [3.63, 3.8) is 0 Å². The van der Waals surface area contributed by atoms with Gasteiger partial charge in [-0.15, -0.1) is 0 Å². The van der Waals surface area contributed by atoms with Gasteiger partial charge in [-0.25, -0.2) is 14.4 Å². The minimum Gasteiger partial charge on any atom is -0.350 e. The third-order valence-electron chi connectivity index (χ3n) is 3.91. The zero-order valence-corrected chi connectivity index (χ0v) is 15.1. The Morgan fingerprint density at radius 2 is 2.11 bits per heavy atom. The van der Waals surface area contributed by atoms with Gasteiger partial charge in [-0.1, -0.05) is 23.9 Å². The van der Waals surface area contributed by atoms with Gasteiger partial charge in [0.05, 0.1) is 23.7 Å². The van der Waals surface area contributed by atoms with Crippen molar-refractivity contribution in [2.24, 2.45) is 0 Å². The van der Waals surface area contributed by atoms with Gasteiger partial charge in [-0.2, -0.15) is 0 Å². The van der Waals surface area contributed by atoms with Gasteiger partial charge < -0.3 is 9.72 Å². The molecule has 0 radical (unpaired) electrons. The second-order valence-electron chi connectivity index (χ2n) is 5.82. The maximum absolute atomic E-state index is 13.4. The van der Waals surface area contributed by atoms with Crippen molar-refractivity contribution in [3.05, 3.63) is 78.8 Å². The molecule has 4 aromatic rings. The Kier molecular flexibility index (Phi) is 4.88. The number of nitrogens with one attached hydrogen (secondary N) is 1. The molecule has 0 spiro atoms. The van der Waals surface area contributed by atoms with Gasteiger partial charge in [0.15, 0.2) is 5.16 Å². The highest BCUT2D eigenvalue weighted by molar-refractivity contribution is 7.99. The van der Waals surface area contributed by atoms with E-state index in [1.807, 2.05) is 35.0 Å². The monoisotopic (exact) mass is 381 g/mol. The molecule has 27 heavy (non-hydrogen) atoms. The van der Waals surface area contributed by atoms with Crippen molar-refractivity contribution < 1.29 is 9.18 Å². The standard InChI is InChI=1S/C19H16FN5OS/c20-14-4-3-5-16(10-14)25-9-7-21-19(25)27-13-18(26)22-11-15-12-24-8-2-1-6-17(24)23-15/h1-10,12H,11,13H2,(H,22,26). The molecule has 3 aromatic heterocycles. The van der Waals surface area contributed by atoms with Crippen LogP contribution in [0.15, 0.2) is 72.4 Å². The Bertz CT molecular complexity index is 1060. The average molecular weight is 381 g/mol. The van der Waals surface area contributed by atoms with E-state index < -0.39 is 0 Å².